The molecule has 0 aliphatic carbocycles. The van der Waals surface area contributed by atoms with Gasteiger partial charge in [0.2, 0.25) is 0 Å². The van der Waals surface area contributed by atoms with Crippen molar-refractivity contribution in [2.75, 3.05) is 6.54 Å². The second-order valence-electron chi connectivity index (χ2n) is 5.79. The number of hydrogen-bond acceptors (Lipinski definition) is 2. The molecule has 1 rings (SSSR count). The normalized spacial score (nSPS) is 29.3. The van der Waals surface area contributed by atoms with Gasteiger partial charge in [-0.15, -0.1) is 0 Å². The summed E-state index contributed by atoms with van der Waals surface area (Å²) in [5.41, 5.74) is -0.0743. The molecule has 0 aromatic rings. The van der Waals surface area contributed by atoms with Crippen LogP contribution < -0.4 is 0 Å². The predicted molar refractivity (Wildman–Crippen MR) is 60.5 cm³/mol. The van der Waals surface area contributed by atoms with Crippen molar-refractivity contribution < 1.29 is 9.90 Å². The van der Waals surface area contributed by atoms with Crippen molar-refractivity contribution in [2.24, 2.45) is 5.41 Å². The maximum absolute atomic E-state index is 11.9. The maximum Gasteiger partial charge on any atom is 0.251 e. The van der Waals surface area contributed by atoms with Gasteiger partial charge in [-0.05, 0) is 32.1 Å². The smallest absolute Gasteiger partial charge is 0.251 e. The Labute approximate surface area is 92.5 Å². The lowest BCUT2D eigenvalue weighted by Gasteiger charge is -2.46. The van der Waals surface area contributed by atoms with Gasteiger partial charge in [0.05, 0.1) is 0 Å². The van der Waals surface area contributed by atoms with Crippen LogP contribution in [0, 0.1) is 5.41 Å². The number of carbonyl (C=O) groups excluding carboxylic acids is 1. The first-order valence-corrected chi connectivity index (χ1v) is 5.70. The molecule has 15 heavy (non-hydrogen) atoms. The van der Waals surface area contributed by atoms with Crippen molar-refractivity contribution in [3.63, 3.8) is 0 Å². The molecule has 0 spiro atoms. The van der Waals surface area contributed by atoms with Crippen LogP contribution in [0.4, 0.5) is 0 Å². The Morgan fingerprint density at radius 3 is 2.40 bits per heavy atom. The van der Waals surface area contributed by atoms with Crippen LogP contribution in [0.5, 0.6) is 0 Å². The molecule has 0 radical (unpaired) electrons. The number of nitrogens with zero attached hydrogens (tertiary/aromatic N) is 1. The van der Waals surface area contributed by atoms with Crippen LogP contribution in [0.25, 0.3) is 0 Å². The van der Waals surface area contributed by atoms with Gasteiger partial charge in [0.25, 0.3) is 5.91 Å². The molecule has 1 saturated heterocycles. The minimum Gasteiger partial charge on any atom is -0.384 e. The van der Waals surface area contributed by atoms with E-state index >= 15 is 0 Å². The molecule has 2 atom stereocenters. The van der Waals surface area contributed by atoms with Crippen LogP contribution in [0.2, 0.25) is 0 Å². The zero-order valence-electron chi connectivity index (χ0n) is 10.5. The zero-order chi connectivity index (χ0) is 11.9. The number of amides is 1. The van der Waals surface area contributed by atoms with Crippen molar-refractivity contribution in [3.05, 3.63) is 0 Å². The Morgan fingerprint density at radius 2 is 2.00 bits per heavy atom. The fraction of sp³-hybridized carbons (Fsp3) is 0.917. The molecule has 3 nitrogen and oxygen atoms in total. The third kappa shape index (κ3) is 2.03. The van der Waals surface area contributed by atoms with Gasteiger partial charge in [0, 0.05) is 12.1 Å². The molecule has 1 amide bonds. The summed E-state index contributed by atoms with van der Waals surface area (Å²) in [6.45, 7) is 10.9. The van der Waals surface area contributed by atoms with E-state index in [9.17, 15) is 9.90 Å². The zero-order valence-corrected chi connectivity index (χ0v) is 10.5. The van der Waals surface area contributed by atoms with E-state index in [-0.39, 0.29) is 16.9 Å². The number of rotatable bonds is 1. The lowest BCUT2D eigenvalue weighted by atomic mass is 9.73. The fourth-order valence-corrected chi connectivity index (χ4v) is 2.32. The highest BCUT2D eigenvalue weighted by atomic mass is 16.3. The molecule has 0 unspecified atom stereocenters. The van der Waals surface area contributed by atoms with Crippen molar-refractivity contribution in [1.29, 1.82) is 0 Å². The summed E-state index contributed by atoms with van der Waals surface area (Å²) in [5.74, 6) is -0.134. The molecular weight excluding hydrogens is 190 g/mol. The predicted octanol–water partition coefficient (Wildman–Crippen LogP) is 1.79. The first kappa shape index (κ1) is 12.5. The Kier molecular flexibility index (Phi) is 3.15. The van der Waals surface area contributed by atoms with Gasteiger partial charge in [0.1, 0.15) is 6.10 Å². The summed E-state index contributed by atoms with van der Waals surface area (Å²) < 4.78 is 0. The average Bonchev–Trinajstić information content (AvgIpc) is 2.46. The maximum atomic E-state index is 11.9. The van der Waals surface area contributed by atoms with E-state index in [2.05, 4.69) is 27.7 Å². The van der Waals surface area contributed by atoms with Gasteiger partial charge in [-0.1, -0.05) is 20.8 Å². The molecule has 0 aromatic carbocycles. The van der Waals surface area contributed by atoms with Gasteiger partial charge in [-0.25, -0.2) is 0 Å². The Morgan fingerprint density at radius 1 is 1.47 bits per heavy atom. The molecule has 1 fully saturated rings. The molecule has 0 aromatic heterocycles. The number of aliphatic hydroxyl groups excluding tert-OH is 1. The van der Waals surface area contributed by atoms with Crippen LogP contribution in [-0.4, -0.2) is 34.1 Å². The van der Waals surface area contributed by atoms with Crippen LogP contribution in [0.1, 0.15) is 47.5 Å². The highest BCUT2D eigenvalue weighted by Gasteiger charge is 2.48. The highest BCUT2D eigenvalue weighted by Crippen LogP contribution is 2.43. The van der Waals surface area contributed by atoms with Crippen molar-refractivity contribution in [1.82, 2.24) is 4.90 Å². The second kappa shape index (κ2) is 3.78. The Balaban J connectivity index is 2.95. The summed E-state index contributed by atoms with van der Waals surface area (Å²) >= 11 is 0. The summed E-state index contributed by atoms with van der Waals surface area (Å²) in [6, 6.07) is 0. The minimum atomic E-state index is -0.884. The molecule has 1 aliphatic rings. The van der Waals surface area contributed by atoms with Crippen molar-refractivity contribution in [3.8, 4) is 0 Å². The summed E-state index contributed by atoms with van der Waals surface area (Å²) in [6.07, 6.45) is 1.17. The molecule has 88 valence electrons. The van der Waals surface area contributed by atoms with E-state index in [0.717, 1.165) is 19.4 Å². The minimum absolute atomic E-state index is 0.0497. The summed E-state index contributed by atoms with van der Waals surface area (Å²) in [7, 11) is 0. The van der Waals surface area contributed by atoms with Crippen LogP contribution in [-0.2, 0) is 4.79 Å². The SMILES string of the molecule is C[C@@H](O)C(=O)N1CCC[C@@]1(C)C(C)(C)C. The fourth-order valence-electron chi connectivity index (χ4n) is 2.32. The van der Waals surface area contributed by atoms with E-state index in [0.29, 0.717) is 0 Å². The molecular formula is C12H23NO2. The lowest BCUT2D eigenvalue weighted by Crippen LogP contribution is -2.55. The number of hydrogen-bond donors (Lipinski definition) is 1. The molecule has 1 aliphatic heterocycles. The first-order valence-electron chi connectivity index (χ1n) is 5.70. The number of likely N-dealkylation sites (tertiary alicyclic amines) is 1. The third-order valence-corrected chi connectivity index (χ3v) is 3.88. The summed E-state index contributed by atoms with van der Waals surface area (Å²) in [4.78, 5) is 13.7. The third-order valence-electron chi connectivity index (χ3n) is 3.88. The second-order valence-corrected chi connectivity index (χ2v) is 5.79. The van der Waals surface area contributed by atoms with Gasteiger partial charge in [-0.2, -0.15) is 0 Å². The van der Waals surface area contributed by atoms with Gasteiger partial charge < -0.3 is 10.0 Å². The highest BCUT2D eigenvalue weighted by molar-refractivity contribution is 5.81. The molecule has 0 saturated carbocycles. The number of carbonyl (C=O) groups is 1. The Hall–Kier alpha value is -0.570. The Bertz CT molecular complexity index is 255. The van der Waals surface area contributed by atoms with Crippen molar-refractivity contribution >= 4 is 5.91 Å². The molecule has 1 heterocycles. The van der Waals surface area contributed by atoms with Gasteiger partial charge in [0.15, 0.2) is 0 Å². The standard InChI is InChI=1S/C12H23NO2/c1-9(14)10(15)13-8-6-7-12(13,5)11(2,3)4/h9,14H,6-8H2,1-5H3/t9-,12+/m1/s1. The van der Waals surface area contributed by atoms with Crippen LogP contribution in [0.3, 0.4) is 0 Å². The first-order chi connectivity index (χ1) is 6.70. The van der Waals surface area contributed by atoms with E-state index in [1.807, 2.05) is 4.90 Å². The van der Waals surface area contributed by atoms with E-state index < -0.39 is 6.10 Å². The van der Waals surface area contributed by atoms with Gasteiger partial charge in [-0.3, -0.25) is 4.79 Å². The van der Waals surface area contributed by atoms with E-state index in [1.54, 1.807) is 6.92 Å². The molecule has 1 N–H and O–H groups in total. The van der Waals surface area contributed by atoms with Gasteiger partial charge >= 0.3 is 0 Å². The van der Waals surface area contributed by atoms with E-state index in [4.69, 9.17) is 0 Å². The summed E-state index contributed by atoms with van der Waals surface area (Å²) in [5, 5.41) is 9.39. The monoisotopic (exact) mass is 213 g/mol. The largest absolute Gasteiger partial charge is 0.384 e. The van der Waals surface area contributed by atoms with Crippen LogP contribution in [0.15, 0.2) is 0 Å². The van der Waals surface area contributed by atoms with Crippen molar-refractivity contribution in [2.45, 2.75) is 59.1 Å². The average molecular weight is 213 g/mol. The van der Waals surface area contributed by atoms with Crippen LogP contribution >= 0.6 is 0 Å². The lowest BCUT2D eigenvalue weighted by molar-refractivity contribution is -0.146. The topological polar surface area (TPSA) is 40.5 Å². The van der Waals surface area contributed by atoms with E-state index in [1.165, 1.54) is 0 Å². The molecule has 3 heteroatoms. The quantitative estimate of drug-likeness (QED) is 0.721. The number of aliphatic hydroxyl groups is 1. The molecule has 0 bridgehead atoms.